The minimum atomic E-state index is -0.354. The predicted molar refractivity (Wildman–Crippen MR) is 118 cm³/mol. The summed E-state index contributed by atoms with van der Waals surface area (Å²) in [5, 5.41) is 6.24. The maximum atomic E-state index is 12.4. The van der Waals surface area contributed by atoms with Gasteiger partial charge in [0.05, 0.1) is 22.8 Å². The monoisotopic (exact) mass is 444 g/mol. The molecule has 30 heavy (non-hydrogen) atoms. The lowest BCUT2D eigenvalue weighted by Crippen LogP contribution is -2.20. The van der Waals surface area contributed by atoms with Gasteiger partial charge in [-0.1, -0.05) is 35.3 Å². The zero-order valence-electron chi connectivity index (χ0n) is 15.9. The molecule has 0 radical (unpaired) electrons. The van der Waals surface area contributed by atoms with Gasteiger partial charge in [-0.05, 0) is 48.5 Å². The first-order chi connectivity index (χ1) is 14.5. The number of benzene rings is 3. The Kier molecular flexibility index (Phi) is 7.17. The van der Waals surface area contributed by atoms with Gasteiger partial charge in [0.1, 0.15) is 11.5 Å². The molecule has 154 valence electrons. The molecule has 0 unspecified atom stereocenters. The number of halogens is 2. The summed E-state index contributed by atoms with van der Waals surface area (Å²) in [5.41, 5.74) is 1.54. The summed E-state index contributed by atoms with van der Waals surface area (Å²) in [6.07, 6.45) is 0. The quantitative estimate of drug-likeness (QED) is 0.520. The fourth-order valence-corrected chi connectivity index (χ4v) is 2.85. The summed E-state index contributed by atoms with van der Waals surface area (Å²) >= 11 is 11.8. The highest BCUT2D eigenvalue weighted by Crippen LogP contribution is 2.26. The summed E-state index contributed by atoms with van der Waals surface area (Å²) in [4.78, 5) is 24.5. The van der Waals surface area contributed by atoms with Gasteiger partial charge >= 0.3 is 0 Å². The summed E-state index contributed by atoms with van der Waals surface area (Å²) in [7, 11) is 1.54. The Morgan fingerprint density at radius 1 is 0.900 bits per heavy atom. The number of carbonyl (C=O) groups excluding carboxylic acids is 2. The van der Waals surface area contributed by atoms with Gasteiger partial charge in [0.25, 0.3) is 11.8 Å². The number of anilines is 2. The zero-order chi connectivity index (χ0) is 21.5. The highest BCUT2D eigenvalue weighted by atomic mass is 35.5. The summed E-state index contributed by atoms with van der Waals surface area (Å²) in [5.74, 6) is 0.354. The maximum Gasteiger partial charge on any atom is 0.262 e. The Morgan fingerprint density at radius 3 is 2.33 bits per heavy atom. The van der Waals surface area contributed by atoms with Gasteiger partial charge < -0.3 is 20.1 Å². The van der Waals surface area contributed by atoms with Gasteiger partial charge in [-0.25, -0.2) is 0 Å². The zero-order valence-corrected chi connectivity index (χ0v) is 17.5. The molecule has 2 N–H and O–H groups in total. The van der Waals surface area contributed by atoms with Crippen molar-refractivity contribution in [2.24, 2.45) is 0 Å². The van der Waals surface area contributed by atoms with Crippen LogP contribution in [0.1, 0.15) is 10.4 Å². The first kappa shape index (κ1) is 21.5. The molecule has 0 heterocycles. The average Bonchev–Trinajstić information content (AvgIpc) is 2.75. The van der Waals surface area contributed by atoms with Crippen LogP contribution in [-0.2, 0) is 4.79 Å². The standard InChI is InChI=1S/C22H18Cl2N2O4/c1-29-20-5-3-2-4-19(20)26-22(28)14-6-8-15(9-7-14)25-21(27)13-30-16-10-11-17(23)18(24)12-16/h2-12H,13H2,1H3,(H,25,27)(H,26,28). The molecule has 3 aromatic rings. The molecule has 0 aromatic heterocycles. The molecule has 0 atom stereocenters. The average molecular weight is 445 g/mol. The Bertz CT molecular complexity index is 1060. The van der Waals surface area contributed by atoms with Crippen molar-refractivity contribution in [2.45, 2.75) is 0 Å². The molecule has 0 saturated carbocycles. The number of carbonyl (C=O) groups is 2. The number of rotatable bonds is 7. The molecule has 8 heteroatoms. The lowest BCUT2D eigenvalue weighted by molar-refractivity contribution is -0.118. The van der Waals surface area contributed by atoms with E-state index in [1.807, 2.05) is 6.07 Å². The van der Waals surface area contributed by atoms with E-state index < -0.39 is 0 Å². The van der Waals surface area contributed by atoms with Crippen LogP contribution in [0.25, 0.3) is 0 Å². The lowest BCUT2D eigenvalue weighted by atomic mass is 10.2. The highest BCUT2D eigenvalue weighted by molar-refractivity contribution is 6.42. The molecule has 3 rings (SSSR count). The molecular formula is C22H18Cl2N2O4. The van der Waals surface area contributed by atoms with Crippen molar-refractivity contribution in [2.75, 3.05) is 24.4 Å². The van der Waals surface area contributed by atoms with E-state index in [9.17, 15) is 9.59 Å². The Hall–Kier alpha value is -3.22. The SMILES string of the molecule is COc1ccccc1NC(=O)c1ccc(NC(=O)COc2ccc(Cl)c(Cl)c2)cc1. The van der Waals surface area contributed by atoms with Crippen LogP contribution in [0.4, 0.5) is 11.4 Å². The molecule has 2 amide bonds. The molecule has 0 bridgehead atoms. The van der Waals surface area contributed by atoms with E-state index in [1.165, 1.54) is 13.2 Å². The lowest BCUT2D eigenvalue weighted by Gasteiger charge is -2.11. The molecule has 0 aliphatic rings. The van der Waals surface area contributed by atoms with Crippen molar-refractivity contribution >= 4 is 46.4 Å². The summed E-state index contributed by atoms with van der Waals surface area (Å²) in [6, 6.07) is 18.4. The topological polar surface area (TPSA) is 76.7 Å². The van der Waals surface area contributed by atoms with E-state index in [-0.39, 0.29) is 18.4 Å². The van der Waals surface area contributed by atoms with Crippen LogP contribution in [-0.4, -0.2) is 25.5 Å². The fraction of sp³-hybridized carbons (Fsp3) is 0.0909. The van der Waals surface area contributed by atoms with Crippen LogP contribution in [0.15, 0.2) is 66.7 Å². The fourth-order valence-electron chi connectivity index (χ4n) is 2.56. The molecule has 0 spiro atoms. The van der Waals surface area contributed by atoms with Crippen molar-refractivity contribution < 1.29 is 19.1 Å². The van der Waals surface area contributed by atoms with Gasteiger partial charge in [0.2, 0.25) is 0 Å². The van der Waals surface area contributed by atoms with E-state index in [2.05, 4.69) is 10.6 Å². The van der Waals surface area contributed by atoms with Crippen LogP contribution >= 0.6 is 23.2 Å². The first-order valence-corrected chi connectivity index (χ1v) is 9.64. The molecule has 0 fully saturated rings. The second-order valence-corrected chi connectivity index (χ2v) is 6.96. The van der Waals surface area contributed by atoms with E-state index in [1.54, 1.807) is 54.6 Å². The second kappa shape index (κ2) is 10.0. The predicted octanol–water partition coefficient (Wildman–Crippen LogP) is 5.27. The Labute approximate surface area is 183 Å². The molecule has 3 aromatic carbocycles. The van der Waals surface area contributed by atoms with Crippen LogP contribution in [0.2, 0.25) is 10.0 Å². The van der Waals surface area contributed by atoms with E-state index in [0.717, 1.165) is 0 Å². The van der Waals surface area contributed by atoms with Gasteiger partial charge in [-0.15, -0.1) is 0 Å². The third kappa shape index (κ3) is 5.65. The minimum Gasteiger partial charge on any atom is -0.495 e. The number of amides is 2. The minimum absolute atomic E-state index is 0.200. The van der Waals surface area contributed by atoms with Gasteiger partial charge in [0.15, 0.2) is 6.61 Å². The summed E-state index contributed by atoms with van der Waals surface area (Å²) in [6.45, 7) is -0.200. The van der Waals surface area contributed by atoms with E-state index >= 15 is 0 Å². The van der Waals surface area contributed by atoms with Crippen molar-refractivity contribution in [3.8, 4) is 11.5 Å². The molecule has 0 saturated heterocycles. The summed E-state index contributed by atoms with van der Waals surface area (Å²) < 4.78 is 10.6. The van der Waals surface area contributed by atoms with Gasteiger partial charge in [0, 0.05) is 17.3 Å². The van der Waals surface area contributed by atoms with Crippen molar-refractivity contribution in [3.05, 3.63) is 82.3 Å². The third-order valence-electron chi connectivity index (χ3n) is 4.05. The molecule has 0 aliphatic heterocycles. The van der Waals surface area contributed by atoms with Crippen molar-refractivity contribution in [3.63, 3.8) is 0 Å². The molecule has 6 nitrogen and oxygen atoms in total. The van der Waals surface area contributed by atoms with E-state index in [0.29, 0.717) is 38.5 Å². The van der Waals surface area contributed by atoms with Crippen molar-refractivity contribution in [1.82, 2.24) is 0 Å². The highest BCUT2D eigenvalue weighted by Gasteiger charge is 2.10. The van der Waals surface area contributed by atoms with Gasteiger partial charge in [-0.2, -0.15) is 0 Å². The second-order valence-electron chi connectivity index (χ2n) is 6.14. The van der Waals surface area contributed by atoms with Crippen molar-refractivity contribution in [1.29, 1.82) is 0 Å². The van der Waals surface area contributed by atoms with Crippen LogP contribution in [0.3, 0.4) is 0 Å². The van der Waals surface area contributed by atoms with Crippen LogP contribution in [0, 0.1) is 0 Å². The maximum absolute atomic E-state index is 12.4. The Morgan fingerprint density at radius 2 is 1.63 bits per heavy atom. The molecule has 0 aliphatic carbocycles. The molecular weight excluding hydrogens is 427 g/mol. The number of para-hydroxylation sites is 2. The van der Waals surface area contributed by atoms with E-state index in [4.69, 9.17) is 32.7 Å². The largest absolute Gasteiger partial charge is 0.495 e. The number of ether oxygens (including phenoxy) is 2. The first-order valence-electron chi connectivity index (χ1n) is 8.88. The van der Waals surface area contributed by atoms with Gasteiger partial charge in [-0.3, -0.25) is 9.59 Å². The number of hydrogen-bond acceptors (Lipinski definition) is 4. The van der Waals surface area contributed by atoms with Crippen LogP contribution < -0.4 is 20.1 Å². The number of methoxy groups -OCH3 is 1. The third-order valence-corrected chi connectivity index (χ3v) is 4.79. The number of hydrogen-bond donors (Lipinski definition) is 2. The number of nitrogens with one attached hydrogen (secondary N) is 2. The smallest absolute Gasteiger partial charge is 0.262 e. The van der Waals surface area contributed by atoms with Crippen LogP contribution in [0.5, 0.6) is 11.5 Å². The normalized spacial score (nSPS) is 10.2. The Balaban J connectivity index is 1.55.